The molecule has 0 aliphatic heterocycles. The highest BCUT2D eigenvalue weighted by Crippen LogP contribution is 2.45. The Labute approximate surface area is 782 Å². The lowest BCUT2D eigenvalue weighted by Crippen LogP contribution is -1.87. The van der Waals surface area contributed by atoms with Crippen molar-refractivity contribution in [2.75, 3.05) is 0 Å². The maximum absolute atomic E-state index is 5.98. The van der Waals surface area contributed by atoms with Crippen LogP contribution < -0.4 is 0 Å². The molecule has 7 nitrogen and oxygen atoms in total. The topological polar surface area (TPSA) is 83.8 Å². The molecule has 0 amide bonds. The molecule has 0 atom stereocenters. The van der Waals surface area contributed by atoms with Gasteiger partial charge >= 0.3 is 0 Å². The predicted octanol–water partition coefficient (Wildman–Crippen LogP) is 38.8. The Hall–Kier alpha value is -16.0. The van der Waals surface area contributed by atoms with E-state index in [1.807, 2.05) is 192 Å². The Morgan fingerprint density at radius 1 is 0.164 bits per heavy atom. The van der Waals surface area contributed by atoms with Crippen LogP contribution in [0.3, 0.4) is 0 Å². The van der Waals surface area contributed by atoms with Gasteiger partial charge in [-0.2, -0.15) is 0 Å². The molecule has 20 aromatic carbocycles. The molecule has 27 aromatic rings. The summed E-state index contributed by atoms with van der Waals surface area (Å²) in [4.78, 5) is 0. The van der Waals surface area contributed by atoms with Crippen molar-refractivity contribution in [1.29, 1.82) is 0 Å². The molecule has 0 bridgehead atoms. The van der Waals surface area contributed by atoms with Crippen molar-refractivity contribution >= 4 is 197 Å². The fraction of sp³-hybridized carbons (Fsp3) is 0.118. The fourth-order valence-electron chi connectivity index (χ4n) is 18.7. The first-order valence-electron chi connectivity index (χ1n) is 47.5. The number of rotatable bonds is 0. The van der Waals surface area contributed by atoms with Crippen molar-refractivity contribution < 1.29 is 26.5 Å². The standard InChI is InChI=1S/C20H15N.C19H12O.4C16H10O.C12H8O.6C2H6/c1-21-19-9-5-4-8-16(19)18-11-14-10-13-6-2-3-7-15(13)17(14)12-20(18)21;1-2-6-14-12(5-1)9-13-10-19-17(11-16(13)14)15-7-3-4-8-18(15)20-19;1-2-6-12-10-16-14(9-11(12)5-1)13-7-3-4-8-15(13)17-16;1-2-6-12-11(5-1)9-10-14-13-7-3-4-8-15(13)17-16(12)14;2*1-2-6-12-11(5-1)9-10-15-16(12)13-7-3-4-8-14(13)17-15;1-3-7-11-9(5-1)10-6-2-4-8-12(10)13-11;6*1-2/h2-9,11-12H,10H2,1H3;1-8,10-11H,9H2;4*1-10H;1-8H;6*1-2H3. The van der Waals surface area contributed by atoms with Gasteiger partial charge in [0.25, 0.3) is 0 Å². The lowest BCUT2D eigenvalue weighted by molar-refractivity contribution is 0.668. The molecule has 134 heavy (non-hydrogen) atoms. The second kappa shape index (κ2) is 41.4. The third-order valence-electron chi connectivity index (χ3n) is 24.5. The first-order chi connectivity index (χ1) is 66.4. The van der Waals surface area contributed by atoms with Crippen molar-refractivity contribution in [3.63, 3.8) is 0 Å². The van der Waals surface area contributed by atoms with Crippen LogP contribution in [0.15, 0.2) is 439 Å². The van der Waals surface area contributed by atoms with Crippen LogP contribution in [0.25, 0.3) is 219 Å². The summed E-state index contributed by atoms with van der Waals surface area (Å²) in [7, 11) is 2.16. The number of fused-ring (bicyclic) bond motifs is 34. The van der Waals surface area contributed by atoms with Crippen molar-refractivity contribution in [2.45, 2.75) is 95.9 Å². The molecule has 2 aliphatic carbocycles. The molecule has 0 fully saturated rings. The van der Waals surface area contributed by atoms with Crippen LogP contribution in [0.2, 0.25) is 0 Å². The first-order valence-corrected chi connectivity index (χ1v) is 47.5. The summed E-state index contributed by atoms with van der Waals surface area (Å²) in [5, 5.41) is 27.0. The monoisotopic (exact) mass is 1750 g/mol. The van der Waals surface area contributed by atoms with Gasteiger partial charge in [-0.1, -0.05) is 392 Å². The summed E-state index contributed by atoms with van der Waals surface area (Å²) in [6, 6.07) is 143. The van der Waals surface area contributed by atoms with Crippen LogP contribution in [0.5, 0.6) is 0 Å². The zero-order valence-corrected chi connectivity index (χ0v) is 78.6. The van der Waals surface area contributed by atoms with E-state index in [-0.39, 0.29) is 0 Å². The van der Waals surface area contributed by atoms with E-state index in [0.717, 1.165) is 79.8 Å². The highest BCUT2D eigenvalue weighted by Gasteiger charge is 2.24. The number of hydrogen-bond donors (Lipinski definition) is 0. The van der Waals surface area contributed by atoms with E-state index in [2.05, 4.69) is 315 Å². The number of benzene rings is 20. The van der Waals surface area contributed by atoms with Gasteiger partial charge in [-0.05, 0) is 198 Å². The number of furan rings is 6. The Balaban J connectivity index is 0.000000107. The van der Waals surface area contributed by atoms with Gasteiger partial charge in [-0.3, -0.25) is 0 Å². The molecule has 7 heteroatoms. The average molecular weight is 1750 g/mol. The highest BCUT2D eigenvalue weighted by atomic mass is 16.3. The Morgan fingerprint density at radius 3 is 0.948 bits per heavy atom. The quantitative estimate of drug-likeness (QED) is 0.150. The summed E-state index contributed by atoms with van der Waals surface area (Å²) in [6.07, 6.45) is 2.07. The highest BCUT2D eigenvalue weighted by molar-refractivity contribution is 6.21. The van der Waals surface area contributed by atoms with E-state index in [1.54, 1.807) is 0 Å². The zero-order chi connectivity index (χ0) is 92.7. The largest absolute Gasteiger partial charge is 0.456 e. The smallest absolute Gasteiger partial charge is 0.143 e. The van der Waals surface area contributed by atoms with Crippen LogP contribution in [0.4, 0.5) is 0 Å². The summed E-state index contributed by atoms with van der Waals surface area (Å²) in [5.41, 5.74) is 25.5. The number of aryl methyl sites for hydroxylation is 1. The third-order valence-corrected chi connectivity index (χ3v) is 24.5. The molecule has 7 heterocycles. The Morgan fingerprint density at radius 2 is 0.470 bits per heavy atom. The van der Waals surface area contributed by atoms with Gasteiger partial charge in [0.05, 0.1) is 0 Å². The summed E-state index contributed by atoms with van der Waals surface area (Å²) in [5.74, 6) is 0. The van der Waals surface area contributed by atoms with Gasteiger partial charge in [0, 0.05) is 98.9 Å². The van der Waals surface area contributed by atoms with Crippen LogP contribution in [-0.2, 0) is 19.9 Å². The molecule has 7 aromatic heterocycles. The molecular formula is C127H111NO6. The molecular weight excluding hydrogens is 1640 g/mol. The van der Waals surface area contributed by atoms with E-state index in [9.17, 15) is 0 Å². The molecule has 0 saturated carbocycles. The van der Waals surface area contributed by atoms with E-state index >= 15 is 0 Å². The van der Waals surface area contributed by atoms with Crippen LogP contribution in [-0.4, -0.2) is 4.57 Å². The maximum Gasteiger partial charge on any atom is 0.143 e. The lowest BCUT2D eigenvalue weighted by atomic mass is 10.0. The molecule has 0 N–H and O–H groups in total. The SMILES string of the molecule is CC.CC.CC.CC.CC.CC.Cn1c2ccccc2c2cc3c(cc21)-c1ccccc1C3.c1ccc2c(c1)Cc1cc3oc4ccccc4c3cc1-2.c1ccc2c(c1)ccc1c3ccccc3oc21.c1ccc2c(c1)ccc1oc3ccccc3c12.c1ccc2c(c1)ccc1oc3ccccc3c12.c1ccc2c(c1)oc1ccccc12.c1ccc2cc3c(cc2c1)oc1ccccc13. The minimum Gasteiger partial charge on any atom is -0.456 e. The van der Waals surface area contributed by atoms with E-state index < -0.39 is 0 Å². The number of nitrogens with zero attached hydrogens (tertiary/aromatic N) is 1. The van der Waals surface area contributed by atoms with Crippen molar-refractivity contribution in [3.8, 4) is 22.3 Å². The lowest BCUT2D eigenvalue weighted by Gasteiger charge is -2.03. The molecule has 0 radical (unpaired) electrons. The van der Waals surface area contributed by atoms with Crippen LogP contribution in [0, 0.1) is 0 Å². The predicted molar refractivity (Wildman–Crippen MR) is 577 cm³/mol. The molecule has 0 unspecified atom stereocenters. The number of hydrogen-bond acceptors (Lipinski definition) is 6. The number of para-hydroxylation sites is 8. The van der Waals surface area contributed by atoms with Gasteiger partial charge in [-0.25, -0.2) is 0 Å². The molecule has 2 aliphatic rings. The van der Waals surface area contributed by atoms with E-state index in [0.29, 0.717) is 0 Å². The summed E-state index contributed by atoms with van der Waals surface area (Å²) in [6.45, 7) is 24.0. The zero-order valence-electron chi connectivity index (χ0n) is 78.6. The fourth-order valence-corrected chi connectivity index (χ4v) is 18.7. The third kappa shape index (κ3) is 17.4. The molecule has 0 spiro atoms. The summed E-state index contributed by atoms with van der Waals surface area (Å²) >= 11 is 0. The van der Waals surface area contributed by atoms with Crippen molar-refractivity contribution in [3.05, 3.63) is 435 Å². The molecule has 0 saturated heterocycles. The van der Waals surface area contributed by atoms with E-state index in [1.165, 1.54) is 174 Å². The normalized spacial score (nSPS) is 11.1. The second-order valence-electron chi connectivity index (χ2n) is 31.5. The van der Waals surface area contributed by atoms with Gasteiger partial charge in [-0.15, -0.1) is 0 Å². The van der Waals surface area contributed by atoms with Gasteiger partial charge in [0.15, 0.2) is 0 Å². The van der Waals surface area contributed by atoms with Gasteiger partial charge < -0.3 is 31.1 Å². The van der Waals surface area contributed by atoms with Crippen LogP contribution >= 0.6 is 0 Å². The minimum atomic E-state index is 0.956. The molecule has 660 valence electrons. The van der Waals surface area contributed by atoms with Gasteiger partial charge in [0.1, 0.15) is 67.0 Å². The maximum atomic E-state index is 5.98. The second-order valence-corrected chi connectivity index (χ2v) is 31.5. The Bertz CT molecular complexity index is 8520. The average Bonchev–Trinajstić information content (AvgIpc) is 2.52. The first kappa shape index (κ1) is 90.0. The summed E-state index contributed by atoms with van der Waals surface area (Å²) < 4.78 is 37.5. The van der Waals surface area contributed by atoms with Crippen LogP contribution in [0.1, 0.15) is 105 Å². The van der Waals surface area contributed by atoms with E-state index in [4.69, 9.17) is 26.5 Å². The Kier molecular flexibility index (Phi) is 27.8. The molecule has 29 rings (SSSR count). The van der Waals surface area contributed by atoms with Gasteiger partial charge in [0.2, 0.25) is 0 Å². The van der Waals surface area contributed by atoms with Crippen molar-refractivity contribution in [2.24, 2.45) is 7.05 Å². The van der Waals surface area contributed by atoms with Crippen molar-refractivity contribution in [1.82, 2.24) is 4.57 Å². The number of aromatic nitrogens is 1. The minimum absolute atomic E-state index is 0.956.